The van der Waals surface area contributed by atoms with E-state index in [0.29, 0.717) is 16.9 Å². The second-order valence-corrected chi connectivity index (χ2v) is 4.90. The number of rotatable bonds is 4. The van der Waals surface area contributed by atoms with E-state index in [4.69, 9.17) is 10.6 Å². The summed E-state index contributed by atoms with van der Waals surface area (Å²) in [5.74, 6) is 6.25. The molecule has 0 spiro atoms. The number of amides is 1. The van der Waals surface area contributed by atoms with Crippen molar-refractivity contribution in [3.8, 4) is 5.75 Å². The maximum absolute atomic E-state index is 12.0. The number of hydrogen-bond acceptors (Lipinski definition) is 5. The number of fused-ring (bicyclic) bond motifs is 1. The van der Waals surface area contributed by atoms with E-state index in [-0.39, 0.29) is 5.91 Å². The summed E-state index contributed by atoms with van der Waals surface area (Å²) in [7, 11) is 1.62. The van der Waals surface area contributed by atoms with Crippen molar-refractivity contribution in [3.63, 3.8) is 0 Å². The summed E-state index contributed by atoms with van der Waals surface area (Å²) >= 11 is 0. The number of nitrogens with two attached hydrogens (primary N) is 1. The van der Waals surface area contributed by atoms with Gasteiger partial charge in [-0.25, -0.2) is 10.8 Å². The van der Waals surface area contributed by atoms with Gasteiger partial charge in [0.1, 0.15) is 11.6 Å². The molecule has 2 aromatic carbocycles. The van der Waals surface area contributed by atoms with E-state index in [1.165, 1.54) is 0 Å². The van der Waals surface area contributed by atoms with Gasteiger partial charge in [0.25, 0.3) is 5.91 Å². The van der Waals surface area contributed by atoms with Gasteiger partial charge < -0.3 is 10.1 Å². The highest BCUT2D eigenvalue weighted by molar-refractivity contribution is 6.06. The maximum Gasteiger partial charge on any atom is 0.265 e. The first-order valence-corrected chi connectivity index (χ1v) is 7.03. The van der Waals surface area contributed by atoms with Gasteiger partial charge in [-0.05, 0) is 36.4 Å². The Morgan fingerprint density at radius 1 is 1.13 bits per heavy atom. The molecule has 0 fully saturated rings. The number of nitrogens with zero attached hydrogens (tertiary/aromatic N) is 1. The van der Waals surface area contributed by atoms with Gasteiger partial charge in [-0.3, -0.25) is 10.2 Å². The molecule has 0 aliphatic carbocycles. The lowest BCUT2D eigenvalue weighted by molar-refractivity contribution is 0.0955. The number of nitrogen functional groups attached to an aromatic ring is 1. The van der Waals surface area contributed by atoms with Gasteiger partial charge in [0, 0.05) is 11.1 Å². The molecule has 0 bridgehead atoms. The number of hydrogen-bond donors (Lipinski definition) is 3. The molecule has 116 valence electrons. The Kier molecular flexibility index (Phi) is 4.07. The molecule has 6 heteroatoms. The van der Waals surface area contributed by atoms with E-state index in [2.05, 4.69) is 15.7 Å². The Morgan fingerprint density at radius 3 is 2.57 bits per heavy atom. The summed E-state index contributed by atoms with van der Waals surface area (Å²) in [6.07, 6.45) is 0. The molecule has 1 heterocycles. The van der Waals surface area contributed by atoms with Crippen LogP contribution in [0.5, 0.6) is 5.75 Å². The minimum atomic E-state index is -0.360. The van der Waals surface area contributed by atoms with E-state index in [0.717, 1.165) is 16.8 Å². The number of aromatic nitrogens is 1. The van der Waals surface area contributed by atoms with Gasteiger partial charge in [-0.2, -0.15) is 0 Å². The SMILES string of the molecule is COc1ccc(Nc2cc(C(=O)NN)c3ccccc3n2)cc1. The number of pyridine rings is 1. The van der Waals surface area contributed by atoms with Crippen LogP contribution in [0.3, 0.4) is 0 Å². The number of methoxy groups -OCH3 is 1. The van der Waals surface area contributed by atoms with Gasteiger partial charge in [0.2, 0.25) is 0 Å². The lowest BCUT2D eigenvalue weighted by Crippen LogP contribution is -2.30. The van der Waals surface area contributed by atoms with Crippen molar-refractivity contribution in [1.29, 1.82) is 0 Å². The van der Waals surface area contributed by atoms with Crippen molar-refractivity contribution in [2.75, 3.05) is 12.4 Å². The van der Waals surface area contributed by atoms with Crippen LogP contribution in [0, 0.1) is 0 Å². The van der Waals surface area contributed by atoms with E-state index in [1.807, 2.05) is 48.5 Å². The predicted octanol–water partition coefficient (Wildman–Crippen LogP) is 2.59. The molecule has 3 aromatic rings. The third-order valence-corrected chi connectivity index (χ3v) is 3.45. The van der Waals surface area contributed by atoms with Crippen molar-refractivity contribution < 1.29 is 9.53 Å². The molecule has 0 radical (unpaired) electrons. The quantitative estimate of drug-likeness (QED) is 0.391. The lowest BCUT2D eigenvalue weighted by atomic mass is 10.1. The number of nitrogens with one attached hydrogen (secondary N) is 2. The first-order valence-electron chi connectivity index (χ1n) is 7.03. The summed E-state index contributed by atoms with van der Waals surface area (Å²) in [6.45, 7) is 0. The predicted molar refractivity (Wildman–Crippen MR) is 89.7 cm³/mol. The Balaban J connectivity index is 2.01. The van der Waals surface area contributed by atoms with Crippen LogP contribution in [-0.4, -0.2) is 18.0 Å². The third-order valence-electron chi connectivity index (χ3n) is 3.45. The largest absolute Gasteiger partial charge is 0.497 e. The van der Waals surface area contributed by atoms with Gasteiger partial charge in [-0.15, -0.1) is 0 Å². The average Bonchev–Trinajstić information content (AvgIpc) is 2.61. The first-order chi connectivity index (χ1) is 11.2. The lowest BCUT2D eigenvalue weighted by Gasteiger charge is -2.11. The molecule has 0 unspecified atom stereocenters. The van der Waals surface area contributed by atoms with E-state index < -0.39 is 0 Å². The zero-order valence-corrected chi connectivity index (χ0v) is 12.5. The number of ether oxygens (including phenoxy) is 1. The van der Waals surface area contributed by atoms with Crippen molar-refractivity contribution in [2.24, 2.45) is 5.84 Å². The molecule has 0 aliphatic heterocycles. The smallest absolute Gasteiger partial charge is 0.265 e. The fourth-order valence-corrected chi connectivity index (χ4v) is 2.33. The minimum Gasteiger partial charge on any atom is -0.497 e. The summed E-state index contributed by atoms with van der Waals surface area (Å²) in [4.78, 5) is 16.5. The Morgan fingerprint density at radius 2 is 1.87 bits per heavy atom. The van der Waals surface area contributed by atoms with Gasteiger partial charge in [0.05, 0.1) is 18.2 Å². The molecule has 1 amide bonds. The molecule has 0 aliphatic rings. The monoisotopic (exact) mass is 308 g/mol. The molecule has 0 saturated heterocycles. The molecule has 6 nitrogen and oxygen atoms in total. The number of hydrazine groups is 1. The Bertz CT molecular complexity index is 847. The van der Waals surface area contributed by atoms with Crippen molar-refractivity contribution in [1.82, 2.24) is 10.4 Å². The second-order valence-electron chi connectivity index (χ2n) is 4.90. The molecular weight excluding hydrogens is 292 g/mol. The Hall–Kier alpha value is -3.12. The molecule has 0 saturated carbocycles. The highest BCUT2D eigenvalue weighted by Crippen LogP contribution is 2.24. The normalized spacial score (nSPS) is 10.3. The van der Waals surface area contributed by atoms with Crippen LogP contribution in [0.2, 0.25) is 0 Å². The van der Waals surface area contributed by atoms with Crippen molar-refractivity contribution in [2.45, 2.75) is 0 Å². The Labute approximate surface area is 133 Å². The van der Waals surface area contributed by atoms with Crippen LogP contribution < -0.4 is 21.3 Å². The summed E-state index contributed by atoms with van der Waals surface area (Å²) < 4.78 is 5.13. The highest BCUT2D eigenvalue weighted by atomic mass is 16.5. The fraction of sp³-hybridized carbons (Fsp3) is 0.0588. The molecular formula is C17H16N4O2. The standard InChI is InChI=1S/C17H16N4O2/c1-23-12-8-6-11(7-9-12)19-16-10-14(17(22)21-18)13-4-2-3-5-15(13)20-16/h2-10H,18H2,1H3,(H,19,20)(H,21,22). The third kappa shape index (κ3) is 3.07. The average molecular weight is 308 g/mol. The van der Waals surface area contributed by atoms with Crippen LogP contribution in [0.4, 0.5) is 11.5 Å². The van der Waals surface area contributed by atoms with E-state index in [9.17, 15) is 4.79 Å². The van der Waals surface area contributed by atoms with Crippen LogP contribution in [0.15, 0.2) is 54.6 Å². The van der Waals surface area contributed by atoms with Crippen LogP contribution >= 0.6 is 0 Å². The topological polar surface area (TPSA) is 89.3 Å². The number of carbonyl (C=O) groups is 1. The van der Waals surface area contributed by atoms with Gasteiger partial charge >= 0.3 is 0 Å². The zero-order chi connectivity index (χ0) is 16.2. The number of para-hydroxylation sites is 1. The van der Waals surface area contributed by atoms with Crippen LogP contribution in [0.1, 0.15) is 10.4 Å². The van der Waals surface area contributed by atoms with E-state index in [1.54, 1.807) is 13.2 Å². The van der Waals surface area contributed by atoms with Gasteiger partial charge in [-0.1, -0.05) is 18.2 Å². The van der Waals surface area contributed by atoms with E-state index >= 15 is 0 Å². The number of carbonyl (C=O) groups excluding carboxylic acids is 1. The number of benzene rings is 2. The van der Waals surface area contributed by atoms with Crippen molar-refractivity contribution >= 4 is 28.3 Å². The first kappa shape index (κ1) is 14.8. The summed E-state index contributed by atoms with van der Waals surface area (Å²) in [5.41, 5.74) is 4.19. The van der Waals surface area contributed by atoms with Crippen LogP contribution in [0.25, 0.3) is 10.9 Å². The number of anilines is 2. The fourth-order valence-electron chi connectivity index (χ4n) is 2.33. The minimum absolute atomic E-state index is 0.360. The van der Waals surface area contributed by atoms with Crippen LogP contribution in [-0.2, 0) is 0 Å². The van der Waals surface area contributed by atoms with Gasteiger partial charge in [0.15, 0.2) is 0 Å². The molecule has 0 atom stereocenters. The highest BCUT2D eigenvalue weighted by Gasteiger charge is 2.12. The molecule has 1 aromatic heterocycles. The molecule has 4 N–H and O–H groups in total. The molecule has 23 heavy (non-hydrogen) atoms. The zero-order valence-electron chi connectivity index (χ0n) is 12.5. The van der Waals surface area contributed by atoms with Crippen molar-refractivity contribution in [3.05, 3.63) is 60.2 Å². The molecule has 3 rings (SSSR count). The summed E-state index contributed by atoms with van der Waals surface area (Å²) in [5, 5.41) is 3.93. The maximum atomic E-state index is 12.0. The summed E-state index contributed by atoms with van der Waals surface area (Å²) in [6, 6.07) is 16.5. The second kappa shape index (κ2) is 6.33.